The molecule has 0 saturated heterocycles. The molecule has 7 N–H and O–H groups in total. The zero-order chi connectivity index (χ0) is 67.4. The number of carbonyl (C=O) groups excluding carboxylic acids is 11. The van der Waals surface area contributed by atoms with Crippen LogP contribution in [0.15, 0.2) is 12.2 Å². The van der Waals surface area contributed by atoms with E-state index in [1.54, 1.807) is 13.0 Å². The highest BCUT2D eigenvalue weighted by atomic mass is 16.6. The summed E-state index contributed by atoms with van der Waals surface area (Å²) in [5, 5.41) is 61.1. The molecular weight excluding hydrogens is 1290 g/mol. The summed E-state index contributed by atoms with van der Waals surface area (Å²) in [6.45, 7) is 15.5. The molecule has 96 heavy (non-hydrogen) atoms. The summed E-state index contributed by atoms with van der Waals surface area (Å²) in [4.78, 5) is 197. The van der Waals surface area contributed by atoms with E-state index in [-0.39, 0.29) is 133 Å². The van der Waals surface area contributed by atoms with E-state index >= 15 is 0 Å². The average molecular weight is 1410 g/mol. The Bertz CT molecular complexity index is 2200. The quantitative estimate of drug-likeness (QED) is 0.0181. The highest BCUT2D eigenvalue weighted by molar-refractivity contribution is 5.93. The monoisotopic (exact) mass is 1410 g/mol. The maximum Gasteiger partial charge on any atom is 0.349 e. The van der Waals surface area contributed by atoms with Crippen molar-refractivity contribution in [1.29, 1.82) is 0 Å². The fraction of sp³-hybridized carbons (Fsp3) is 0.677. The summed E-state index contributed by atoms with van der Waals surface area (Å²) in [5.74, 6) is -18.9. The number of hydrogen-bond acceptors (Lipinski definition) is 27. The molecule has 34 nitrogen and oxygen atoms in total. The summed E-state index contributed by atoms with van der Waals surface area (Å²) in [5.41, 5.74) is 0. The van der Waals surface area contributed by atoms with Gasteiger partial charge in [0.25, 0.3) is 0 Å². The molecule has 0 aromatic carbocycles. The molecule has 570 valence electrons. The van der Waals surface area contributed by atoms with Crippen LogP contribution in [0.2, 0.25) is 0 Å². The van der Waals surface area contributed by atoms with Crippen molar-refractivity contribution in [2.75, 3.05) is 7.11 Å². The van der Waals surface area contributed by atoms with Gasteiger partial charge in [-0.1, -0.05) is 149 Å². The van der Waals surface area contributed by atoms with Crippen molar-refractivity contribution < 1.29 is 165 Å². The molecule has 0 amide bonds. The first-order valence-corrected chi connectivity index (χ1v) is 25.2. The zero-order valence-electron chi connectivity index (χ0n) is 48.6. The Hall–Kier alpha value is -9.24. The van der Waals surface area contributed by atoms with Crippen molar-refractivity contribution in [2.24, 2.45) is 0 Å². The number of hydrogen-bond donors (Lipinski definition) is 7. The van der Waals surface area contributed by atoms with Crippen LogP contribution >= 0.6 is 0 Å². The van der Waals surface area contributed by atoms with Crippen LogP contribution in [0.25, 0.3) is 0 Å². The standard InChI is InChI=1S/C13H18O8.2C11H16O7.C9H14O6.C7H10O6.11CH4/c1-3-5-6-7-9(15)21-11(13(18)19)10(12(16)17)20-8(14)4-2;2*1-4-7(13)17-9(6(3)12)10(11(15)16)18-8(14)5-2;1-4-6(11)15-7(5(2)10)8(14-3)9(12)13;1-2-6(10)13-4(7(11)12)3-5(8)9;;;;;;;;;;;/h5-6,10-11H,3-4,7H2,1-2H3,(H,16,17)(H,18,19);2*9-10H,4-5H2,1-3H3,(H,15,16);7-8H,4H2,1-3H3,(H,12,13);4H,2-3H2,1H3,(H,8,9)(H,11,12);11*1H4/b6-5-;;;;;;;;;;;;;;;. The van der Waals surface area contributed by atoms with Crippen LogP contribution in [0, 0.1) is 0 Å². The minimum Gasteiger partial charge on any atom is -0.481 e. The molecule has 0 bridgehead atoms. The van der Waals surface area contributed by atoms with Gasteiger partial charge in [0, 0.05) is 52.1 Å². The number of carboxylic acid groups (broad SMARTS) is 7. The maximum atomic E-state index is 11.4. The van der Waals surface area contributed by atoms with Gasteiger partial charge >= 0.3 is 89.5 Å². The smallest absolute Gasteiger partial charge is 0.349 e. The van der Waals surface area contributed by atoms with Crippen molar-refractivity contribution in [1.82, 2.24) is 0 Å². The molecule has 0 aliphatic heterocycles. The van der Waals surface area contributed by atoms with Gasteiger partial charge in [0.05, 0.1) is 12.8 Å². The fourth-order valence-electron chi connectivity index (χ4n) is 4.86. The number of carbonyl (C=O) groups is 18. The summed E-state index contributed by atoms with van der Waals surface area (Å²) >= 11 is 0. The van der Waals surface area contributed by atoms with Gasteiger partial charge in [-0.25, -0.2) is 28.8 Å². The Morgan fingerprint density at radius 1 is 0.281 bits per heavy atom. The summed E-state index contributed by atoms with van der Waals surface area (Å²) in [7, 11) is 1.13. The Morgan fingerprint density at radius 3 is 0.656 bits per heavy atom. The lowest BCUT2D eigenvalue weighted by atomic mass is 10.1. The van der Waals surface area contributed by atoms with Gasteiger partial charge in [0.2, 0.25) is 42.7 Å². The summed E-state index contributed by atoms with van der Waals surface area (Å²) in [6.07, 6.45) is -12.8. The number of esters is 8. The molecule has 0 heterocycles. The predicted molar refractivity (Wildman–Crippen MR) is 350 cm³/mol. The van der Waals surface area contributed by atoms with Gasteiger partial charge in [0.1, 0.15) is 0 Å². The molecule has 0 spiro atoms. The molecule has 9 atom stereocenters. The number of rotatable bonds is 34. The second-order valence-electron chi connectivity index (χ2n) is 16.0. The molecule has 34 heteroatoms. The van der Waals surface area contributed by atoms with Crippen LogP contribution < -0.4 is 0 Å². The molecule has 0 saturated carbocycles. The van der Waals surface area contributed by atoms with Gasteiger partial charge in [-0.2, -0.15) is 0 Å². The second kappa shape index (κ2) is 71.6. The molecule has 0 aliphatic carbocycles. The topological polar surface area (TPSA) is 532 Å². The zero-order valence-corrected chi connectivity index (χ0v) is 48.6. The molecule has 0 aromatic rings. The fourth-order valence-corrected chi connectivity index (χ4v) is 4.86. The number of Topliss-reactive ketones (excluding diaryl/α,β-unsaturated/α-hetero) is 3. The van der Waals surface area contributed by atoms with E-state index < -0.39 is 168 Å². The third-order valence-corrected chi connectivity index (χ3v) is 9.20. The van der Waals surface area contributed by atoms with Gasteiger partial charge in [-0.3, -0.25) is 57.5 Å². The summed E-state index contributed by atoms with van der Waals surface area (Å²) < 4.78 is 41.2. The van der Waals surface area contributed by atoms with E-state index in [9.17, 15) is 86.3 Å². The molecule has 0 aliphatic rings. The molecule has 9 unspecified atom stereocenters. The molecule has 0 radical (unpaired) electrons. The third kappa shape index (κ3) is 59.8. The Labute approximate surface area is 566 Å². The van der Waals surface area contributed by atoms with Crippen molar-refractivity contribution in [2.45, 2.75) is 277 Å². The van der Waals surface area contributed by atoms with Gasteiger partial charge in [0.15, 0.2) is 29.6 Å². The number of aliphatic carboxylic acids is 7. The first-order chi connectivity index (χ1) is 39.4. The highest BCUT2D eigenvalue weighted by Crippen LogP contribution is 2.13. The van der Waals surface area contributed by atoms with Crippen LogP contribution in [0.5, 0.6) is 0 Å². The van der Waals surface area contributed by atoms with Crippen molar-refractivity contribution in [3.05, 3.63) is 12.2 Å². The predicted octanol–water partition coefficient (Wildman–Crippen LogP) is 8.21. The van der Waals surface area contributed by atoms with Gasteiger partial charge in [-0.05, 0) is 27.2 Å². The van der Waals surface area contributed by atoms with E-state index in [1.807, 2.05) is 6.92 Å². The Balaban J connectivity index is -0.0000000583. The Kier molecular flexibility index (Phi) is 95.1. The minimum atomic E-state index is -2.10. The van der Waals surface area contributed by atoms with Crippen LogP contribution in [0.4, 0.5) is 0 Å². The normalized spacial score (nSPS) is 11.7. The number of ketones is 3. The average Bonchev–Trinajstić information content (AvgIpc) is 3.65. The van der Waals surface area contributed by atoms with Gasteiger partial charge < -0.3 is 78.4 Å². The van der Waals surface area contributed by atoms with Crippen molar-refractivity contribution >= 4 is 107 Å². The van der Waals surface area contributed by atoms with Crippen molar-refractivity contribution in [3.8, 4) is 0 Å². The van der Waals surface area contributed by atoms with E-state index in [2.05, 4.69) is 42.6 Å². The van der Waals surface area contributed by atoms with Crippen LogP contribution in [0.3, 0.4) is 0 Å². The van der Waals surface area contributed by atoms with E-state index in [1.165, 1.54) is 47.6 Å². The van der Waals surface area contributed by atoms with E-state index in [0.717, 1.165) is 27.9 Å². The number of ether oxygens (including phenoxy) is 9. The lowest BCUT2D eigenvalue weighted by molar-refractivity contribution is -0.187. The van der Waals surface area contributed by atoms with Crippen molar-refractivity contribution in [3.63, 3.8) is 0 Å². The number of allylic oxidation sites excluding steroid dienone is 1. The Morgan fingerprint density at radius 2 is 0.479 bits per heavy atom. The van der Waals surface area contributed by atoms with E-state index in [4.69, 9.17) is 35.7 Å². The van der Waals surface area contributed by atoms with Crippen LogP contribution in [-0.4, -0.2) is 205 Å². The molecule has 0 aromatic heterocycles. The third-order valence-electron chi connectivity index (χ3n) is 9.20. The lowest BCUT2D eigenvalue weighted by Gasteiger charge is -2.21. The van der Waals surface area contributed by atoms with Crippen LogP contribution in [0.1, 0.15) is 222 Å². The first-order valence-electron chi connectivity index (χ1n) is 25.2. The molecule has 0 fully saturated rings. The number of carboxylic acids is 7. The maximum absolute atomic E-state index is 11.4. The number of methoxy groups -OCH3 is 1. The van der Waals surface area contributed by atoms with E-state index in [0.29, 0.717) is 6.42 Å². The molecular formula is C62H118O34. The molecule has 0 rings (SSSR count). The van der Waals surface area contributed by atoms with Crippen LogP contribution in [-0.2, 0) is 129 Å². The minimum absolute atomic E-state index is 0. The second-order valence-corrected chi connectivity index (χ2v) is 16.0. The van der Waals surface area contributed by atoms with Gasteiger partial charge in [-0.15, -0.1) is 0 Å². The lowest BCUT2D eigenvalue weighted by Crippen LogP contribution is -2.45. The SMILES string of the molecule is C.C.C.C.C.C.C.C.C.C.C.CC/C=C\CC(=O)OC(C(=O)O)C(OC(=O)CC)C(=O)O.CCC(=O)OC(C(C)=O)C(OC(=O)CC)C(=O)O.CCC(=O)OC(C(C)=O)C(OC(=O)CC)C(=O)O.CCC(=O)OC(C(C)=O)C(OC)C(=O)O.CCC(=O)OC(CC(=O)O)C(=O)O. The highest BCUT2D eigenvalue weighted by Gasteiger charge is 2.41. The first kappa shape index (κ1) is 127. The summed E-state index contributed by atoms with van der Waals surface area (Å²) in [6, 6.07) is 0. The largest absolute Gasteiger partial charge is 0.481 e.